The van der Waals surface area contributed by atoms with Crippen LogP contribution in [-0.4, -0.2) is 52.9 Å². The molecule has 6 heteroatoms. The minimum absolute atomic E-state index is 0.0904. The highest BCUT2D eigenvalue weighted by Crippen LogP contribution is 2.27. The molecule has 1 amide bonds. The molecular weight excluding hydrogens is 354 g/mol. The van der Waals surface area contributed by atoms with Crippen molar-refractivity contribution < 1.29 is 24.1 Å². The van der Waals surface area contributed by atoms with Gasteiger partial charge in [0.05, 0.1) is 14.2 Å². The van der Waals surface area contributed by atoms with Gasteiger partial charge in [-0.2, -0.15) is 0 Å². The third-order valence-corrected chi connectivity index (χ3v) is 5.40. The van der Waals surface area contributed by atoms with Crippen LogP contribution in [0.5, 0.6) is 11.5 Å². The summed E-state index contributed by atoms with van der Waals surface area (Å²) in [4.78, 5) is 15.3. The smallest absolute Gasteiger partial charge is 0.279 e. The fraction of sp³-hybridized carbons (Fsp3) is 0.409. The Hall–Kier alpha value is -2.57. The molecule has 0 aromatic heterocycles. The van der Waals surface area contributed by atoms with Crippen LogP contribution in [0.2, 0.25) is 0 Å². The lowest BCUT2D eigenvalue weighted by atomic mass is 10.1. The molecule has 1 fully saturated rings. The number of para-hydroxylation sites is 1. The maximum Gasteiger partial charge on any atom is 0.279 e. The van der Waals surface area contributed by atoms with Crippen molar-refractivity contribution in [2.24, 2.45) is 0 Å². The van der Waals surface area contributed by atoms with Crippen molar-refractivity contribution in [3.05, 3.63) is 53.6 Å². The average molecular weight is 386 g/mol. The molecule has 0 spiro atoms. The molecule has 3 N–H and O–H groups in total. The third kappa shape index (κ3) is 5.24. The molecule has 1 saturated heterocycles. The van der Waals surface area contributed by atoms with Gasteiger partial charge >= 0.3 is 0 Å². The Labute approximate surface area is 167 Å². The monoisotopic (exact) mass is 385 g/mol. The molecule has 150 valence electrons. The number of carbonyl (C=O) groups is 1. The number of amides is 1. The second kappa shape index (κ2) is 9.57. The van der Waals surface area contributed by atoms with Gasteiger partial charge in [0.25, 0.3) is 5.91 Å². The van der Waals surface area contributed by atoms with E-state index in [9.17, 15) is 4.79 Å². The highest BCUT2D eigenvalue weighted by atomic mass is 16.5. The minimum Gasteiger partial charge on any atom is -0.493 e. The predicted octanol–water partition coefficient (Wildman–Crippen LogP) is -0.0657. The van der Waals surface area contributed by atoms with Gasteiger partial charge in [-0.1, -0.05) is 18.2 Å². The SMILES string of the molecule is COc1ccc(C[NH+]2CC[NH+](CC(=O)Nc3ccccc3C)CC2)cc1OC. The van der Waals surface area contributed by atoms with E-state index in [0.29, 0.717) is 6.54 Å². The summed E-state index contributed by atoms with van der Waals surface area (Å²) in [6.07, 6.45) is 0. The van der Waals surface area contributed by atoms with E-state index in [2.05, 4.69) is 17.4 Å². The van der Waals surface area contributed by atoms with Crippen LogP contribution < -0.4 is 24.6 Å². The number of hydrogen-bond donors (Lipinski definition) is 3. The number of carbonyl (C=O) groups excluding carboxylic acids is 1. The van der Waals surface area contributed by atoms with Crippen LogP contribution in [-0.2, 0) is 11.3 Å². The Bertz CT molecular complexity index is 801. The van der Waals surface area contributed by atoms with Crippen LogP contribution in [0, 0.1) is 6.92 Å². The molecule has 28 heavy (non-hydrogen) atoms. The first-order valence-electron chi connectivity index (χ1n) is 9.82. The van der Waals surface area contributed by atoms with Crippen molar-refractivity contribution in [1.29, 1.82) is 0 Å². The Morgan fingerprint density at radius 3 is 2.32 bits per heavy atom. The van der Waals surface area contributed by atoms with Crippen molar-refractivity contribution >= 4 is 11.6 Å². The summed E-state index contributed by atoms with van der Waals surface area (Å²) in [6.45, 7) is 7.62. The standard InChI is InChI=1S/C22H29N3O3/c1-17-6-4-5-7-19(17)23-22(26)16-25-12-10-24(11-13-25)15-18-8-9-20(27-2)21(14-18)28-3/h4-9,14H,10-13,15-16H2,1-3H3,(H,23,26)/p+2. The van der Waals surface area contributed by atoms with Crippen molar-refractivity contribution in [2.45, 2.75) is 13.5 Å². The Morgan fingerprint density at radius 2 is 1.64 bits per heavy atom. The quantitative estimate of drug-likeness (QED) is 0.626. The lowest BCUT2D eigenvalue weighted by Gasteiger charge is -2.29. The van der Waals surface area contributed by atoms with Gasteiger partial charge in [-0.15, -0.1) is 0 Å². The third-order valence-electron chi connectivity index (χ3n) is 5.40. The molecule has 2 aromatic carbocycles. The summed E-state index contributed by atoms with van der Waals surface area (Å²) >= 11 is 0. The Balaban J connectivity index is 1.47. The van der Waals surface area contributed by atoms with Crippen LogP contribution >= 0.6 is 0 Å². The molecule has 0 saturated carbocycles. The van der Waals surface area contributed by atoms with Gasteiger partial charge in [0.15, 0.2) is 18.0 Å². The summed E-state index contributed by atoms with van der Waals surface area (Å²) in [5.74, 6) is 1.62. The summed E-state index contributed by atoms with van der Waals surface area (Å²) in [7, 11) is 3.32. The van der Waals surface area contributed by atoms with Gasteiger partial charge in [0, 0.05) is 11.3 Å². The van der Waals surface area contributed by atoms with Crippen LogP contribution in [0.25, 0.3) is 0 Å². The summed E-state index contributed by atoms with van der Waals surface area (Å²) in [5.41, 5.74) is 3.24. The zero-order valence-electron chi connectivity index (χ0n) is 17.0. The zero-order valence-corrected chi connectivity index (χ0v) is 17.0. The van der Waals surface area contributed by atoms with Gasteiger partial charge < -0.3 is 24.6 Å². The van der Waals surface area contributed by atoms with Crippen molar-refractivity contribution in [2.75, 3.05) is 52.3 Å². The van der Waals surface area contributed by atoms with Gasteiger partial charge in [-0.25, -0.2) is 0 Å². The van der Waals surface area contributed by atoms with Crippen molar-refractivity contribution in [3.63, 3.8) is 0 Å². The minimum atomic E-state index is 0.0904. The highest BCUT2D eigenvalue weighted by Gasteiger charge is 2.25. The first-order chi connectivity index (χ1) is 13.6. The number of nitrogens with one attached hydrogen (secondary N) is 3. The summed E-state index contributed by atoms with van der Waals surface area (Å²) in [5, 5.41) is 3.04. The van der Waals surface area contributed by atoms with E-state index in [1.807, 2.05) is 37.3 Å². The van der Waals surface area contributed by atoms with Gasteiger partial charge in [-0.05, 0) is 36.8 Å². The molecule has 3 rings (SSSR count). The average Bonchev–Trinajstić information content (AvgIpc) is 2.71. The fourth-order valence-electron chi connectivity index (χ4n) is 3.72. The Kier molecular flexibility index (Phi) is 6.90. The fourth-order valence-corrected chi connectivity index (χ4v) is 3.72. The van der Waals surface area contributed by atoms with E-state index in [4.69, 9.17) is 9.47 Å². The maximum absolute atomic E-state index is 12.4. The van der Waals surface area contributed by atoms with Crippen LogP contribution in [0.3, 0.4) is 0 Å². The van der Waals surface area contributed by atoms with E-state index < -0.39 is 0 Å². The van der Waals surface area contributed by atoms with E-state index in [0.717, 1.165) is 55.5 Å². The predicted molar refractivity (Wildman–Crippen MR) is 109 cm³/mol. The Morgan fingerprint density at radius 1 is 0.964 bits per heavy atom. The van der Waals surface area contributed by atoms with Gasteiger partial charge in [0.1, 0.15) is 32.7 Å². The first-order valence-corrected chi connectivity index (χ1v) is 9.82. The van der Waals surface area contributed by atoms with E-state index >= 15 is 0 Å². The normalized spacial score (nSPS) is 19.1. The summed E-state index contributed by atoms with van der Waals surface area (Å²) in [6, 6.07) is 14.0. The number of piperazine rings is 1. The lowest BCUT2D eigenvalue weighted by Crippen LogP contribution is -3.28. The first kappa shape index (κ1) is 20.2. The number of rotatable bonds is 7. The van der Waals surface area contributed by atoms with E-state index in [-0.39, 0.29) is 5.91 Å². The van der Waals surface area contributed by atoms with E-state index in [1.54, 1.807) is 14.2 Å². The number of aryl methyl sites for hydroxylation is 1. The number of benzene rings is 2. The number of hydrogen-bond acceptors (Lipinski definition) is 3. The van der Waals surface area contributed by atoms with Crippen LogP contribution in [0.1, 0.15) is 11.1 Å². The maximum atomic E-state index is 12.4. The number of anilines is 1. The molecule has 0 aliphatic carbocycles. The van der Waals surface area contributed by atoms with Crippen LogP contribution in [0.15, 0.2) is 42.5 Å². The molecule has 0 bridgehead atoms. The van der Waals surface area contributed by atoms with E-state index in [1.165, 1.54) is 15.4 Å². The molecule has 1 aliphatic rings. The molecular formula is C22H31N3O3+2. The number of quaternary nitrogens is 2. The molecule has 1 aliphatic heterocycles. The second-order valence-corrected chi connectivity index (χ2v) is 7.41. The largest absolute Gasteiger partial charge is 0.493 e. The molecule has 1 heterocycles. The number of methoxy groups -OCH3 is 2. The van der Waals surface area contributed by atoms with Crippen molar-refractivity contribution in [3.8, 4) is 11.5 Å². The highest BCUT2D eigenvalue weighted by molar-refractivity contribution is 5.92. The number of ether oxygens (including phenoxy) is 2. The van der Waals surface area contributed by atoms with Gasteiger partial charge in [-0.3, -0.25) is 4.79 Å². The zero-order chi connectivity index (χ0) is 19.9. The molecule has 2 aromatic rings. The molecule has 0 unspecified atom stereocenters. The molecule has 6 nitrogen and oxygen atoms in total. The molecule has 0 radical (unpaired) electrons. The van der Waals surface area contributed by atoms with Crippen LogP contribution in [0.4, 0.5) is 5.69 Å². The lowest BCUT2D eigenvalue weighted by molar-refractivity contribution is -1.02. The molecule has 0 atom stereocenters. The second-order valence-electron chi connectivity index (χ2n) is 7.41. The van der Waals surface area contributed by atoms with Crippen molar-refractivity contribution in [1.82, 2.24) is 0 Å². The summed E-state index contributed by atoms with van der Waals surface area (Å²) < 4.78 is 10.7. The topological polar surface area (TPSA) is 56.4 Å². The van der Waals surface area contributed by atoms with Gasteiger partial charge in [0.2, 0.25) is 0 Å².